The fraction of sp³-hybridized carbons (Fsp3) is 0.375. The third-order valence-corrected chi connectivity index (χ3v) is 4.14. The summed E-state index contributed by atoms with van der Waals surface area (Å²) in [7, 11) is 1.55. The standard InChI is InChI=1S/C16H18N4O5/c1-11(21)18-7-9-19(10-8-18)15(22)14-16(23)25-17-20(14)12-3-5-13(24-2)6-4-12/h3-6H,7-10H2,1-2H3. The molecule has 0 N–H and O–H groups in total. The van der Waals surface area contributed by atoms with Crippen LogP contribution in [-0.4, -0.2) is 60.2 Å². The van der Waals surface area contributed by atoms with E-state index in [0.717, 1.165) is 0 Å². The van der Waals surface area contributed by atoms with Gasteiger partial charge in [-0.05, 0) is 16.8 Å². The fourth-order valence-electron chi connectivity index (χ4n) is 2.70. The molecule has 2 aromatic rings. The van der Waals surface area contributed by atoms with Crippen LogP contribution in [0.4, 0.5) is 0 Å². The van der Waals surface area contributed by atoms with Crippen molar-refractivity contribution >= 4 is 11.8 Å². The van der Waals surface area contributed by atoms with Gasteiger partial charge in [-0.1, -0.05) is 0 Å². The third kappa shape index (κ3) is 3.25. The molecular formula is C16H18N4O5. The van der Waals surface area contributed by atoms with E-state index < -0.39 is 11.9 Å². The second-order valence-corrected chi connectivity index (χ2v) is 5.62. The predicted molar refractivity (Wildman–Crippen MR) is 82.2 cm³/mol. The molecule has 3 rings (SSSR count). The molecule has 25 heavy (non-hydrogen) atoms. The number of aromatic nitrogens is 2. The highest BCUT2D eigenvalue weighted by molar-refractivity contribution is 5.92. The summed E-state index contributed by atoms with van der Waals surface area (Å²) in [6.07, 6.45) is 0. The second-order valence-electron chi connectivity index (χ2n) is 5.62. The lowest BCUT2D eigenvalue weighted by Crippen LogP contribution is -2.52. The summed E-state index contributed by atoms with van der Waals surface area (Å²) in [5.74, 6) is -0.654. The SMILES string of the molecule is COc1ccc(-[n+]2noc([O-])c2C(=O)N2CCN(C(C)=O)CC2)cc1. The van der Waals surface area contributed by atoms with Crippen molar-refractivity contribution in [3.8, 4) is 17.4 Å². The minimum atomic E-state index is -0.796. The van der Waals surface area contributed by atoms with Crippen LogP contribution in [0.25, 0.3) is 5.69 Å². The van der Waals surface area contributed by atoms with Gasteiger partial charge in [-0.3, -0.25) is 9.59 Å². The number of carbonyl (C=O) groups excluding carboxylic acids is 2. The van der Waals surface area contributed by atoms with E-state index in [1.807, 2.05) is 0 Å². The van der Waals surface area contributed by atoms with Gasteiger partial charge in [0.1, 0.15) is 5.75 Å². The van der Waals surface area contributed by atoms with Crippen LogP contribution in [0.2, 0.25) is 0 Å². The van der Waals surface area contributed by atoms with E-state index in [4.69, 9.17) is 9.26 Å². The number of piperazine rings is 1. The Balaban J connectivity index is 1.84. The minimum Gasteiger partial charge on any atom is -0.538 e. The number of carbonyl (C=O) groups is 2. The van der Waals surface area contributed by atoms with Crippen molar-refractivity contribution < 1.29 is 28.6 Å². The molecule has 0 atom stereocenters. The van der Waals surface area contributed by atoms with Gasteiger partial charge in [0.05, 0.1) is 12.4 Å². The number of ether oxygens (including phenoxy) is 1. The van der Waals surface area contributed by atoms with Gasteiger partial charge >= 0.3 is 11.6 Å². The van der Waals surface area contributed by atoms with Gasteiger partial charge in [0, 0.05) is 45.2 Å². The van der Waals surface area contributed by atoms with Crippen molar-refractivity contribution in [1.82, 2.24) is 15.1 Å². The monoisotopic (exact) mass is 346 g/mol. The van der Waals surface area contributed by atoms with Crippen molar-refractivity contribution in [2.75, 3.05) is 33.3 Å². The molecule has 9 nitrogen and oxygen atoms in total. The van der Waals surface area contributed by atoms with Crippen molar-refractivity contribution in [2.45, 2.75) is 6.92 Å². The molecule has 1 aromatic carbocycles. The van der Waals surface area contributed by atoms with E-state index in [-0.39, 0.29) is 11.6 Å². The molecular weight excluding hydrogens is 328 g/mol. The van der Waals surface area contributed by atoms with Gasteiger partial charge in [-0.15, -0.1) is 0 Å². The van der Waals surface area contributed by atoms with E-state index >= 15 is 0 Å². The van der Waals surface area contributed by atoms with E-state index in [1.54, 1.807) is 36.3 Å². The second kappa shape index (κ2) is 6.80. The highest BCUT2D eigenvalue weighted by Crippen LogP contribution is 2.16. The van der Waals surface area contributed by atoms with Crippen LogP contribution in [0.15, 0.2) is 28.8 Å². The largest absolute Gasteiger partial charge is 0.538 e. The van der Waals surface area contributed by atoms with Crippen LogP contribution >= 0.6 is 0 Å². The van der Waals surface area contributed by atoms with E-state index in [1.165, 1.54) is 16.5 Å². The predicted octanol–water partition coefficient (Wildman–Crippen LogP) is -0.662. The van der Waals surface area contributed by atoms with Gasteiger partial charge in [-0.2, -0.15) is 0 Å². The van der Waals surface area contributed by atoms with Crippen LogP contribution in [0.1, 0.15) is 17.4 Å². The van der Waals surface area contributed by atoms with Crippen LogP contribution in [-0.2, 0) is 4.79 Å². The Bertz CT molecular complexity index is 778. The van der Waals surface area contributed by atoms with Crippen molar-refractivity contribution in [3.05, 3.63) is 30.0 Å². The lowest BCUT2D eigenvalue weighted by atomic mass is 10.2. The maximum atomic E-state index is 12.8. The summed E-state index contributed by atoms with van der Waals surface area (Å²) in [5.41, 5.74) is 0.346. The van der Waals surface area contributed by atoms with Gasteiger partial charge < -0.3 is 24.2 Å². The quantitative estimate of drug-likeness (QED) is 0.684. The number of hydrogen-bond acceptors (Lipinski definition) is 6. The van der Waals surface area contributed by atoms with Crippen LogP contribution in [0.3, 0.4) is 0 Å². The molecule has 1 fully saturated rings. The van der Waals surface area contributed by atoms with Crippen molar-refractivity contribution in [3.63, 3.8) is 0 Å². The van der Waals surface area contributed by atoms with Crippen LogP contribution in [0, 0.1) is 0 Å². The van der Waals surface area contributed by atoms with Gasteiger partial charge in [0.2, 0.25) is 11.6 Å². The number of rotatable bonds is 3. The Hall–Kier alpha value is -3.10. The van der Waals surface area contributed by atoms with Gasteiger partial charge in [0.15, 0.2) is 5.95 Å². The molecule has 1 aliphatic rings. The molecule has 1 aliphatic heterocycles. The summed E-state index contributed by atoms with van der Waals surface area (Å²) in [6, 6.07) is 6.74. The number of methoxy groups -OCH3 is 1. The average molecular weight is 346 g/mol. The molecule has 2 amide bonds. The molecule has 132 valence electrons. The Labute approximate surface area is 144 Å². The Morgan fingerprint density at radius 1 is 1.16 bits per heavy atom. The summed E-state index contributed by atoms with van der Waals surface area (Å²) in [4.78, 5) is 27.3. The third-order valence-electron chi connectivity index (χ3n) is 4.14. The molecule has 9 heteroatoms. The fourth-order valence-corrected chi connectivity index (χ4v) is 2.70. The first-order valence-corrected chi connectivity index (χ1v) is 7.79. The zero-order valence-corrected chi connectivity index (χ0v) is 14.0. The molecule has 0 aliphatic carbocycles. The molecule has 0 radical (unpaired) electrons. The topological polar surface area (TPSA) is 103 Å². The van der Waals surface area contributed by atoms with E-state index in [2.05, 4.69) is 5.27 Å². The highest BCUT2D eigenvalue weighted by Gasteiger charge is 2.33. The van der Waals surface area contributed by atoms with Crippen LogP contribution in [0.5, 0.6) is 11.7 Å². The Morgan fingerprint density at radius 3 is 2.32 bits per heavy atom. The highest BCUT2D eigenvalue weighted by atomic mass is 16.6. The lowest BCUT2D eigenvalue weighted by Gasteiger charge is -2.33. The van der Waals surface area contributed by atoms with Crippen LogP contribution < -0.4 is 14.5 Å². The van der Waals surface area contributed by atoms with Crippen molar-refractivity contribution in [1.29, 1.82) is 0 Å². The van der Waals surface area contributed by atoms with Crippen molar-refractivity contribution in [2.24, 2.45) is 0 Å². The zero-order chi connectivity index (χ0) is 18.0. The number of hydrogen-bond donors (Lipinski definition) is 0. The van der Waals surface area contributed by atoms with Gasteiger partial charge in [-0.25, -0.2) is 0 Å². The molecule has 2 heterocycles. The zero-order valence-electron chi connectivity index (χ0n) is 14.0. The molecule has 0 bridgehead atoms. The first kappa shape index (κ1) is 16.7. The lowest BCUT2D eigenvalue weighted by molar-refractivity contribution is -0.672. The minimum absolute atomic E-state index is 0.0325. The summed E-state index contributed by atoms with van der Waals surface area (Å²) in [5, 5.41) is 15.7. The molecule has 0 unspecified atom stereocenters. The van der Waals surface area contributed by atoms with E-state index in [9.17, 15) is 14.7 Å². The average Bonchev–Trinajstić information content (AvgIpc) is 3.02. The smallest absolute Gasteiger partial charge is 0.327 e. The first-order valence-electron chi connectivity index (χ1n) is 7.79. The van der Waals surface area contributed by atoms with E-state index in [0.29, 0.717) is 37.6 Å². The number of nitrogens with zero attached hydrogens (tertiary/aromatic N) is 4. The molecule has 1 aromatic heterocycles. The van der Waals surface area contributed by atoms with Gasteiger partial charge in [0.25, 0.3) is 0 Å². The normalized spacial score (nSPS) is 14.5. The summed E-state index contributed by atoms with van der Waals surface area (Å²) >= 11 is 0. The molecule has 0 spiro atoms. The number of benzene rings is 1. The Kier molecular flexibility index (Phi) is 4.55. The molecule has 1 saturated heterocycles. The summed E-state index contributed by atoms with van der Waals surface area (Å²) < 4.78 is 11.0. The maximum absolute atomic E-state index is 12.8. The first-order chi connectivity index (χ1) is 12.0. The molecule has 0 saturated carbocycles. The number of amides is 2. The Morgan fingerprint density at radius 2 is 1.76 bits per heavy atom. The maximum Gasteiger partial charge on any atom is 0.327 e. The summed E-state index contributed by atoms with van der Waals surface area (Å²) in [6.45, 7) is 3.06.